The second-order valence-electron chi connectivity index (χ2n) is 5.62. The fraction of sp³-hybridized carbons (Fsp3) is 0.526. The Labute approximate surface area is 140 Å². The molecule has 22 heavy (non-hydrogen) atoms. The van der Waals surface area contributed by atoms with Crippen molar-refractivity contribution >= 4 is 23.6 Å². The number of carbonyl (C=O) groups excluding carboxylic acids is 1. The number of amides is 1. The van der Waals surface area contributed by atoms with Crippen LogP contribution >= 0.6 is 11.6 Å². The highest BCUT2D eigenvalue weighted by atomic mass is 35.5. The number of halogens is 1. The Kier molecular flexibility index (Phi) is 10.5. The molecule has 1 aromatic rings. The van der Waals surface area contributed by atoms with Crippen molar-refractivity contribution in [2.24, 2.45) is 0 Å². The monoisotopic (exact) mass is 321 g/mol. The Morgan fingerprint density at radius 3 is 2.36 bits per heavy atom. The molecule has 1 N–H and O–H groups in total. The first-order valence-electron chi connectivity index (χ1n) is 8.44. The van der Waals surface area contributed by atoms with Crippen LogP contribution in [0.15, 0.2) is 30.3 Å². The van der Waals surface area contributed by atoms with Crippen molar-refractivity contribution in [2.75, 3.05) is 6.54 Å². The smallest absolute Gasteiger partial charge is 0.243 e. The van der Waals surface area contributed by atoms with Crippen LogP contribution in [0, 0.1) is 0 Å². The molecule has 0 aliphatic rings. The third-order valence-electron chi connectivity index (χ3n) is 3.65. The van der Waals surface area contributed by atoms with E-state index in [-0.39, 0.29) is 5.91 Å². The normalized spacial score (nSPS) is 11.0. The summed E-state index contributed by atoms with van der Waals surface area (Å²) >= 11 is 6.03. The lowest BCUT2D eigenvalue weighted by Crippen LogP contribution is -2.21. The van der Waals surface area contributed by atoms with E-state index < -0.39 is 0 Å². The van der Waals surface area contributed by atoms with Gasteiger partial charge in [0, 0.05) is 17.6 Å². The molecule has 0 bridgehead atoms. The van der Waals surface area contributed by atoms with Gasteiger partial charge in [0.05, 0.1) is 0 Å². The summed E-state index contributed by atoms with van der Waals surface area (Å²) in [5, 5.41) is 3.58. The Morgan fingerprint density at radius 1 is 1.05 bits per heavy atom. The zero-order valence-corrected chi connectivity index (χ0v) is 14.4. The zero-order chi connectivity index (χ0) is 16.0. The lowest BCUT2D eigenvalue weighted by Gasteiger charge is -2.03. The molecular weight excluding hydrogens is 294 g/mol. The molecule has 0 radical (unpaired) electrons. The zero-order valence-electron chi connectivity index (χ0n) is 13.6. The Balaban J connectivity index is 2.05. The molecule has 0 atom stereocenters. The summed E-state index contributed by atoms with van der Waals surface area (Å²) in [5.74, 6) is -0.0529. The van der Waals surface area contributed by atoms with Gasteiger partial charge in [-0.3, -0.25) is 4.79 Å². The number of carbonyl (C=O) groups is 1. The summed E-state index contributed by atoms with van der Waals surface area (Å²) < 4.78 is 0. The first kappa shape index (κ1) is 18.8. The molecule has 0 aromatic heterocycles. The highest BCUT2D eigenvalue weighted by Crippen LogP contribution is 2.16. The largest absolute Gasteiger partial charge is 0.353 e. The summed E-state index contributed by atoms with van der Waals surface area (Å²) in [5.41, 5.74) is 0.867. The molecule has 0 aliphatic carbocycles. The Morgan fingerprint density at radius 2 is 1.68 bits per heavy atom. The molecule has 2 nitrogen and oxygen atoms in total. The molecule has 0 saturated heterocycles. The number of hydrogen-bond donors (Lipinski definition) is 1. The topological polar surface area (TPSA) is 29.1 Å². The quantitative estimate of drug-likeness (QED) is 0.416. The van der Waals surface area contributed by atoms with E-state index >= 15 is 0 Å². The second kappa shape index (κ2) is 12.3. The fourth-order valence-electron chi connectivity index (χ4n) is 2.31. The number of nitrogens with one attached hydrogen (secondary N) is 1. The summed E-state index contributed by atoms with van der Waals surface area (Å²) in [7, 11) is 0. The van der Waals surface area contributed by atoms with E-state index in [2.05, 4.69) is 12.2 Å². The molecule has 122 valence electrons. The van der Waals surface area contributed by atoms with E-state index in [1.54, 1.807) is 12.2 Å². The molecular formula is C19H28ClNO. The molecule has 1 rings (SSSR count). The van der Waals surface area contributed by atoms with Gasteiger partial charge < -0.3 is 5.32 Å². The van der Waals surface area contributed by atoms with Gasteiger partial charge in [-0.1, -0.05) is 81.7 Å². The summed E-state index contributed by atoms with van der Waals surface area (Å²) in [4.78, 5) is 11.7. The van der Waals surface area contributed by atoms with Crippen LogP contribution in [-0.2, 0) is 4.79 Å². The maximum absolute atomic E-state index is 11.7. The van der Waals surface area contributed by atoms with Crippen molar-refractivity contribution in [3.63, 3.8) is 0 Å². The van der Waals surface area contributed by atoms with Gasteiger partial charge in [-0.25, -0.2) is 0 Å². The van der Waals surface area contributed by atoms with Gasteiger partial charge in [-0.15, -0.1) is 0 Å². The van der Waals surface area contributed by atoms with Crippen LogP contribution < -0.4 is 5.32 Å². The van der Waals surface area contributed by atoms with Gasteiger partial charge in [0.25, 0.3) is 0 Å². The van der Waals surface area contributed by atoms with Crippen molar-refractivity contribution < 1.29 is 4.79 Å². The molecule has 1 amide bonds. The molecule has 0 fully saturated rings. The first-order chi connectivity index (χ1) is 10.7. The predicted molar refractivity (Wildman–Crippen MR) is 96.1 cm³/mol. The molecule has 1 aromatic carbocycles. The molecule has 0 saturated carbocycles. The molecule has 3 heteroatoms. The number of hydrogen-bond acceptors (Lipinski definition) is 1. The molecule has 0 spiro atoms. The maximum atomic E-state index is 11.7. The standard InChI is InChI=1S/C19H28ClNO/c1-2-3-4-5-6-7-8-11-16-21-19(22)15-14-17-12-9-10-13-18(17)20/h9-10,12-15H,2-8,11,16H2,1H3,(H,21,22)/b15-14+. The predicted octanol–water partition coefficient (Wildman–Crippen LogP) is 5.61. The van der Waals surface area contributed by atoms with Crippen molar-refractivity contribution in [1.82, 2.24) is 5.32 Å². The van der Waals surface area contributed by atoms with E-state index in [9.17, 15) is 4.79 Å². The minimum atomic E-state index is -0.0529. The van der Waals surface area contributed by atoms with Crippen LogP contribution in [0.25, 0.3) is 6.08 Å². The second-order valence-corrected chi connectivity index (χ2v) is 6.03. The van der Waals surface area contributed by atoms with Crippen molar-refractivity contribution in [1.29, 1.82) is 0 Å². The summed E-state index contributed by atoms with van der Waals surface area (Å²) in [6.45, 7) is 2.99. The van der Waals surface area contributed by atoms with Crippen molar-refractivity contribution in [3.05, 3.63) is 40.9 Å². The highest BCUT2D eigenvalue weighted by Gasteiger charge is 1.97. The third-order valence-corrected chi connectivity index (χ3v) is 3.99. The minimum Gasteiger partial charge on any atom is -0.353 e. The first-order valence-corrected chi connectivity index (χ1v) is 8.82. The number of unbranched alkanes of at least 4 members (excludes halogenated alkanes) is 7. The molecule has 0 aliphatic heterocycles. The average molecular weight is 322 g/mol. The van der Waals surface area contributed by atoms with Gasteiger partial charge in [-0.2, -0.15) is 0 Å². The van der Waals surface area contributed by atoms with E-state index in [1.807, 2.05) is 24.3 Å². The summed E-state index contributed by atoms with van der Waals surface area (Å²) in [6.07, 6.45) is 13.5. The van der Waals surface area contributed by atoms with Crippen LogP contribution in [0.1, 0.15) is 63.9 Å². The van der Waals surface area contributed by atoms with Gasteiger partial charge in [-0.05, 0) is 24.1 Å². The van der Waals surface area contributed by atoms with Gasteiger partial charge in [0.2, 0.25) is 5.91 Å². The Bertz CT molecular complexity index is 457. The Hall–Kier alpha value is -1.28. The lowest BCUT2D eigenvalue weighted by atomic mass is 10.1. The van der Waals surface area contributed by atoms with Crippen LogP contribution in [0.4, 0.5) is 0 Å². The maximum Gasteiger partial charge on any atom is 0.243 e. The lowest BCUT2D eigenvalue weighted by molar-refractivity contribution is -0.116. The van der Waals surface area contributed by atoms with Crippen LogP contribution in [0.5, 0.6) is 0 Å². The van der Waals surface area contributed by atoms with Crippen molar-refractivity contribution in [2.45, 2.75) is 58.3 Å². The van der Waals surface area contributed by atoms with Crippen LogP contribution in [0.3, 0.4) is 0 Å². The van der Waals surface area contributed by atoms with Crippen molar-refractivity contribution in [3.8, 4) is 0 Å². The average Bonchev–Trinajstić information content (AvgIpc) is 2.52. The van der Waals surface area contributed by atoms with E-state index in [4.69, 9.17) is 11.6 Å². The number of rotatable bonds is 11. The van der Waals surface area contributed by atoms with E-state index in [0.29, 0.717) is 5.02 Å². The van der Waals surface area contributed by atoms with E-state index in [0.717, 1.165) is 18.5 Å². The SMILES string of the molecule is CCCCCCCCCCNC(=O)/C=C/c1ccccc1Cl. The van der Waals surface area contributed by atoms with Gasteiger partial charge in [0.1, 0.15) is 0 Å². The third kappa shape index (κ3) is 8.89. The van der Waals surface area contributed by atoms with E-state index in [1.165, 1.54) is 44.9 Å². The van der Waals surface area contributed by atoms with Crippen LogP contribution in [0.2, 0.25) is 5.02 Å². The highest BCUT2D eigenvalue weighted by molar-refractivity contribution is 6.32. The van der Waals surface area contributed by atoms with Gasteiger partial charge in [0.15, 0.2) is 0 Å². The minimum absolute atomic E-state index is 0.0529. The van der Waals surface area contributed by atoms with Crippen LogP contribution in [-0.4, -0.2) is 12.5 Å². The molecule has 0 unspecified atom stereocenters. The number of benzene rings is 1. The summed E-state index contributed by atoms with van der Waals surface area (Å²) in [6, 6.07) is 7.50. The fourth-order valence-corrected chi connectivity index (χ4v) is 2.50. The molecule has 0 heterocycles. The van der Waals surface area contributed by atoms with Gasteiger partial charge >= 0.3 is 0 Å².